The maximum atomic E-state index is 11.5. The SMILES string of the molecule is CCCN(CCC)c1cc(NC(C)=O)nc(OCCN2CCN(C(C)=O)CC2)c1. The van der Waals surface area contributed by atoms with Gasteiger partial charge < -0.3 is 19.9 Å². The van der Waals surface area contributed by atoms with Crippen LogP contribution in [0.25, 0.3) is 0 Å². The first-order chi connectivity index (χ1) is 13.9. The first-order valence-corrected chi connectivity index (χ1v) is 10.6. The predicted octanol–water partition coefficient (Wildman–Crippen LogP) is 2.21. The topological polar surface area (TPSA) is 78.0 Å². The Kier molecular flexibility index (Phi) is 9.18. The van der Waals surface area contributed by atoms with E-state index < -0.39 is 0 Å². The van der Waals surface area contributed by atoms with Crippen LogP contribution in [0.1, 0.15) is 40.5 Å². The van der Waals surface area contributed by atoms with Gasteiger partial charge in [0.2, 0.25) is 17.7 Å². The van der Waals surface area contributed by atoms with E-state index in [9.17, 15) is 9.59 Å². The maximum Gasteiger partial charge on any atom is 0.222 e. The molecule has 0 saturated carbocycles. The van der Waals surface area contributed by atoms with Gasteiger partial charge in [-0.2, -0.15) is 4.98 Å². The van der Waals surface area contributed by atoms with Crippen LogP contribution in [0.4, 0.5) is 11.5 Å². The minimum Gasteiger partial charge on any atom is -0.476 e. The van der Waals surface area contributed by atoms with Gasteiger partial charge in [-0.25, -0.2) is 0 Å². The molecule has 1 aromatic rings. The fourth-order valence-electron chi connectivity index (χ4n) is 3.47. The molecule has 8 nitrogen and oxygen atoms in total. The van der Waals surface area contributed by atoms with Crippen molar-refractivity contribution in [3.8, 4) is 5.88 Å². The molecule has 162 valence electrons. The van der Waals surface area contributed by atoms with Crippen LogP contribution >= 0.6 is 0 Å². The molecule has 1 aliphatic rings. The summed E-state index contributed by atoms with van der Waals surface area (Å²) in [6.07, 6.45) is 2.08. The van der Waals surface area contributed by atoms with Gasteiger partial charge in [-0.1, -0.05) is 13.8 Å². The second-order valence-corrected chi connectivity index (χ2v) is 7.41. The van der Waals surface area contributed by atoms with Crippen LogP contribution in [0.15, 0.2) is 12.1 Å². The van der Waals surface area contributed by atoms with Gasteiger partial charge in [0.05, 0.1) is 0 Å². The van der Waals surface area contributed by atoms with Crippen LogP contribution in [0.3, 0.4) is 0 Å². The quantitative estimate of drug-likeness (QED) is 0.643. The molecule has 0 unspecified atom stereocenters. The molecule has 1 fully saturated rings. The van der Waals surface area contributed by atoms with Crippen LogP contribution in [0.5, 0.6) is 5.88 Å². The molecule has 0 aliphatic carbocycles. The second-order valence-electron chi connectivity index (χ2n) is 7.41. The molecule has 1 aromatic heterocycles. The zero-order chi connectivity index (χ0) is 21.2. The Morgan fingerprint density at radius 3 is 2.31 bits per heavy atom. The van der Waals surface area contributed by atoms with E-state index in [-0.39, 0.29) is 11.8 Å². The van der Waals surface area contributed by atoms with Gasteiger partial charge in [0.15, 0.2) is 0 Å². The molecular formula is C21H35N5O3. The third kappa shape index (κ3) is 7.53. The third-order valence-corrected chi connectivity index (χ3v) is 4.92. The van der Waals surface area contributed by atoms with Crippen molar-refractivity contribution in [2.45, 2.75) is 40.5 Å². The van der Waals surface area contributed by atoms with Crippen LogP contribution in [0, 0.1) is 0 Å². The Labute approximate surface area is 174 Å². The Hall–Kier alpha value is -2.35. The molecule has 0 aromatic carbocycles. The number of nitrogens with one attached hydrogen (secondary N) is 1. The van der Waals surface area contributed by atoms with E-state index in [1.54, 1.807) is 6.92 Å². The molecule has 2 heterocycles. The van der Waals surface area contributed by atoms with Gasteiger partial charge >= 0.3 is 0 Å². The Morgan fingerprint density at radius 2 is 1.76 bits per heavy atom. The fraction of sp³-hybridized carbons (Fsp3) is 0.667. The molecule has 0 atom stereocenters. The summed E-state index contributed by atoms with van der Waals surface area (Å²) in [5, 5.41) is 2.78. The number of anilines is 2. The average Bonchev–Trinajstić information content (AvgIpc) is 2.67. The highest BCUT2D eigenvalue weighted by Gasteiger charge is 2.18. The van der Waals surface area contributed by atoms with E-state index in [0.717, 1.165) is 64.3 Å². The molecule has 1 saturated heterocycles. The maximum absolute atomic E-state index is 11.5. The molecule has 2 rings (SSSR count). The number of carbonyl (C=O) groups is 2. The van der Waals surface area contributed by atoms with E-state index in [4.69, 9.17) is 4.74 Å². The van der Waals surface area contributed by atoms with Gasteiger partial charge in [-0.15, -0.1) is 0 Å². The molecule has 0 bridgehead atoms. The summed E-state index contributed by atoms with van der Waals surface area (Å²) in [4.78, 5) is 33.8. The number of carbonyl (C=O) groups excluding carboxylic acids is 2. The van der Waals surface area contributed by atoms with E-state index in [1.165, 1.54) is 6.92 Å². The van der Waals surface area contributed by atoms with Crippen molar-refractivity contribution >= 4 is 23.3 Å². The van der Waals surface area contributed by atoms with E-state index >= 15 is 0 Å². The van der Waals surface area contributed by atoms with Crippen LogP contribution in [-0.4, -0.2) is 79.0 Å². The summed E-state index contributed by atoms with van der Waals surface area (Å²) in [6, 6.07) is 3.85. The Balaban J connectivity index is 2.00. The normalized spacial score (nSPS) is 14.6. The van der Waals surface area contributed by atoms with Gasteiger partial charge in [0.25, 0.3) is 0 Å². The van der Waals surface area contributed by atoms with Crippen molar-refractivity contribution in [3.05, 3.63) is 12.1 Å². The first kappa shape index (κ1) is 22.9. The van der Waals surface area contributed by atoms with Crippen molar-refractivity contribution in [2.24, 2.45) is 0 Å². The van der Waals surface area contributed by atoms with E-state index in [0.29, 0.717) is 18.3 Å². The number of amides is 2. The van der Waals surface area contributed by atoms with Gasteiger partial charge in [-0.3, -0.25) is 14.5 Å². The highest BCUT2D eigenvalue weighted by molar-refractivity contribution is 5.88. The molecule has 1 aliphatic heterocycles. The largest absolute Gasteiger partial charge is 0.476 e. The third-order valence-electron chi connectivity index (χ3n) is 4.92. The lowest BCUT2D eigenvalue weighted by atomic mass is 10.2. The molecule has 0 spiro atoms. The standard InChI is InChI=1S/C21H35N5O3/c1-5-7-26(8-6-2)19-15-20(22-17(3)27)23-21(16-19)29-14-13-24-9-11-25(12-10-24)18(4)28/h15-16H,5-14H2,1-4H3,(H,22,23,27). The van der Waals surface area contributed by atoms with E-state index in [1.807, 2.05) is 17.0 Å². The summed E-state index contributed by atoms with van der Waals surface area (Å²) in [5.41, 5.74) is 1.01. The lowest BCUT2D eigenvalue weighted by Gasteiger charge is -2.34. The van der Waals surface area contributed by atoms with Gasteiger partial charge in [0.1, 0.15) is 12.4 Å². The number of nitrogens with zero attached hydrogens (tertiary/aromatic N) is 4. The van der Waals surface area contributed by atoms with Crippen LogP contribution < -0.4 is 15.0 Å². The summed E-state index contributed by atoms with van der Waals surface area (Å²) >= 11 is 0. The van der Waals surface area contributed by atoms with Crippen molar-refractivity contribution in [3.63, 3.8) is 0 Å². The van der Waals surface area contributed by atoms with Crippen LogP contribution in [-0.2, 0) is 9.59 Å². The zero-order valence-electron chi connectivity index (χ0n) is 18.2. The second kappa shape index (κ2) is 11.6. The molecular weight excluding hydrogens is 370 g/mol. The van der Waals surface area contributed by atoms with Crippen molar-refractivity contribution < 1.29 is 14.3 Å². The summed E-state index contributed by atoms with van der Waals surface area (Å²) in [7, 11) is 0. The average molecular weight is 406 g/mol. The highest BCUT2D eigenvalue weighted by Crippen LogP contribution is 2.24. The number of ether oxygens (including phenoxy) is 1. The molecule has 29 heavy (non-hydrogen) atoms. The number of aromatic nitrogens is 1. The highest BCUT2D eigenvalue weighted by atomic mass is 16.5. The van der Waals surface area contributed by atoms with Crippen molar-refractivity contribution in [1.82, 2.24) is 14.8 Å². The lowest BCUT2D eigenvalue weighted by molar-refractivity contribution is -0.130. The smallest absolute Gasteiger partial charge is 0.222 e. The molecule has 1 N–H and O–H groups in total. The Morgan fingerprint density at radius 1 is 1.10 bits per heavy atom. The zero-order valence-corrected chi connectivity index (χ0v) is 18.2. The molecule has 2 amide bonds. The number of hydrogen-bond acceptors (Lipinski definition) is 6. The minimum absolute atomic E-state index is 0.135. The number of piperazine rings is 1. The number of rotatable bonds is 10. The molecule has 8 heteroatoms. The first-order valence-electron chi connectivity index (χ1n) is 10.6. The Bertz CT molecular complexity index is 668. The molecule has 0 radical (unpaired) electrons. The van der Waals surface area contributed by atoms with E-state index in [2.05, 4.69) is 33.9 Å². The van der Waals surface area contributed by atoms with Crippen LogP contribution in [0.2, 0.25) is 0 Å². The number of hydrogen-bond donors (Lipinski definition) is 1. The van der Waals surface area contributed by atoms with Crippen molar-refractivity contribution in [2.75, 3.05) is 62.6 Å². The number of pyridine rings is 1. The van der Waals surface area contributed by atoms with Gasteiger partial charge in [0, 0.05) is 77.5 Å². The summed E-state index contributed by atoms with van der Waals surface area (Å²) in [5.74, 6) is 1.01. The predicted molar refractivity (Wildman–Crippen MR) is 116 cm³/mol. The van der Waals surface area contributed by atoms with Gasteiger partial charge in [-0.05, 0) is 12.8 Å². The monoisotopic (exact) mass is 405 g/mol. The lowest BCUT2D eigenvalue weighted by Crippen LogP contribution is -2.48. The summed E-state index contributed by atoms with van der Waals surface area (Å²) in [6.45, 7) is 13.8. The minimum atomic E-state index is -0.151. The summed E-state index contributed by atoms with van der Waals surface area (Å²) < 4.78 is 5.94. The van der Waals surface area contributed by atoms with Crippen molar-refractivity contribution in [1.29, 1.82) is 0 Å². The fourth-order valence-corrected chi connectivity index (χ4v) is 3.47.